The summed E-state index contributed by atoms with van der Waals surface area (Å²) in [6.45, 7) is -0.612. The van der Waals surface area contributed by atoms with Gasteiger partial charge in [-0.25, -0.2) is 4.79 Å². The zero-order chi connectivity index (χ0) is 23.6. The van der Waals surface area contributed by atoms with Gasteiger partial charge in [0, 0.05) is 17.7 Å². The molecule has 33 heavy (non-hydrogen) atoms. The first-order chi connectivity index (χ1) is 15.8. The topological polar surface area (TPSA) is 75.1 Å². The number of benzene rings is 2. The van der Waals surface area contributed by atoms with Gasteiger partial charge in [0.25, 0.3) is 5.56 Å². The molecule has 5 nitrogen and oxygen atoms in total. The molecule has 0 radical (unpaired) electrons. The molecule has 1 fully saturated rings. The average molecular weight is 458 g/mol. The number of rotatable bonds is 5. The normalized spacial score (nSPS) is 18.9. The van der Waals surface area contributed by atoms with Crippen molar-refractivity contribution >= 4 is 0 Å². The van der Waals surface area contributed by atoms with Gasteiger partial charge in [-0.2, -0.15) is 13.2 Å². The molecule has 1 saturated carbocycles. The third-order valence-electron chi connectivity index (χ3n) is 6.50. The van der Waals surface area contributed by atoms with E-state index in [-0.39, 0.29) is 17.9 Å². The van der Waals surface area contributed by atoms with E-state index in [9.17, 15) is 27.9 Å². The molecule has 3 aromatic rings. The van der Waals surface area contributed by atoms with Crippen LogP contribution in [0.1, 0.15) is 65.5 Å². The van der Waals surface area contributed by atoms with Crippen LogP contribution in [0.25, 0.3) is 0 Å². The average Bonchev–Trinajstić information content (AvgIpc) is 2.81. The molecule has 8 heteroatoms. The predicted octanol–water partition coefficient (Wildman–Crippen LogP) is 4.54. The van der Waals surface area contributed by atoms with Crippen molar-refractivity contribution in [2.75, 3.05) is 0 Å². The molecule has 1 aliphatic rings. The quantitative estimate of drug-likeness (QED) is 0.590. The minimum absolute atomic E-state index is 0.0620. The first-order valence-electron chi connectivity index (χ1n) is 11.0. The Bertz CT molecular complexity index is 1220. The number of aromatic nitrogens is 2. The molecule has 2 aromatic carbocycles. The largest absolute Gasteiger partial charge is 0.416 e. The predicted molar refractivity (Wildman–Crippen MR) is 118 cm³/mol. The standard InChI is InChI=1S/C25H25F3N2O3/c26-25(27,28)20-8-4-5-16(13-20)14-21-22(30(15-31)24(33)29-23(21)32)19-11-9-18(10-12-19)17-6-2-1-3-7-17/h1-8,13,18-19,31H,9-12,14-15H2,(H,29,32,33). The highest BCUT2D eigenvalue weighted by atomic mass is 19.4. The second-order valence-electron chi connectivity index (χ2n) is 8.53. The van der Waals surface area contributed by atoms with E-state index < -0.39 is 29.7 Å². The van der Waals surface area contributed by atoms with E-state index in [4.69, 9.17) is 0 Å². The van der Waals surface area contributed by atoms with Crippen LogP contribution in [0.3, 0.4) is 0 Å². The summed E-state index contributed by atoms with van der Waals surface area (Å²) in [5.74, 6) is 0.221. The minimum Gasteiger partial charge on any atom is -0.376 e. The highest BCUT2D eigenvalue weighted by molar-refractivity contribution is 5.33. The number of alkyl halides is 3. The number of aliphatic hydroxyl groups is 1. The van der Waals surface area contributed by atoms with Gasteiger partial charge in [-0.3, -0.25) is 14.3 Å². The number of halogens is 3. The third kappa shape index (κ3) is 4.95. The van der Waals surface area contributed by atoms with Crippen molar-refractivity contribution in [2.45, 2.75) is 56.8 Å². The van der Waals surface area contributed by atoms with E-state index in [2.05, 4.69) is 17.1 Å². The fourth-order valence-corrected chi connectivity index (χ4v) is 4.89. The van der Waals surface area contributed by atoms with Gasteiger partial charge in [0.05, 0.1) is 5.56 Å². The zero-order valence-electron chi connectivity index (χ0n) is 17.9. The fraction of sp³-hybridized carbons (Fsp3) is 0.360. The molecule has 0 saturated heterocycles. The maximum atomic E-state index is 13.2. The van der Waals surface area contributed by atoms with Gasteiger partial charge in [-0.1, -0.05) is 48.5 Å². The van der Waals surface area contributed by atoms with Crippen LogP contribution in [-0.4, -0.2) is 14.7 Å². The fourth-order valence-electron chi connectivity index (χ4n) is 4.89. The van der Waals surface area contributed by atoms with E-state index in [1.807, 2.05) is 18.2 Å². The molecule has 0 unspecified atom stereocenters. The number of aliphatic hydroxyl groups excluding tert-OH is 1. The summed E-state index contributed by atoms with van der Waals surface area (Å²) in [5.41, 5.74) is 0.0826. The Morgan fingerprint density at radius 3 is 2.24 bits per heavy atom. The Kier molecular flexibility index (Phi) is 6.56. The lowest BCUT2D eigenvalue weighted by Crippen LogP contribution is -2.37. The van der Waals surface area contributed by atoms with E-state index in [1.165, 1.54) is 17.7 Å². The van der Waals surface area contributed by atoms with Gasteiger partial charge in [0.15, 0.2) is 0 Å². The maximum Gasteiger partial charge on any atom is 0.416 e. The first kappa shape index (κ1) is 23.0. The molecule has 1 heterocycles. The molecule has 4 rings (SSSR count). The number of nitrogens with zero attached hydrogens (tertiary/aromatic N) is 1. The van der Waals surface area contributed by atoms with Gasteiger partial charge in [-0.15, -0.1) is 0 Å². The van der Waals surface area contributed by atoms with Crippen molar-refractivity contribution in [3.05, 3.63) is 103 Å². The summed E-state index contributed by atoms with van der Waals surface area (Å²) < 4.78 is 40.6. The van der Waals surface area contributed by atoms with E-state index in [0.717, 1.165) is 29.5 Å². The SMILES string of the molecule is O=c1[nH]c(=O)n(CO)c(C2CCC(c3ccccc3)CC2)c1Cc1cccc(C(F)(F)F)c1. The lowest BCUT2D eigenvalue weighted by atomic mass is 9.76. The minimum atomic E-state index is -4.50. The van der Waals surface area contributed by atoms with Gasteiger partial charge in [0.1, 0.15) is 6.73 Å². The molecular formula is C25H25F3N2O3. The van der Waals surface area contributed by atoms with Crippen molar-refractivity contribution in [1.82, 2.24) is 9.55 Å². The van der Waals surface area contributed by atoms with E-state index in [1.54, 1.807) is 0 Å². The lowest BCUT2D eigenvalue weighted by Gasteiger charge is -2.31. The molecule has 1 aliphatic carbocycles. The van der Waals surface area contributed by atoms with Crippen LogP contribution in [0.15, 0.2) is 64.2 Å². The number of aromatic amines is 1. The monoisotopic (exact) mass is 458 g/mol. The van der Waals surface area contributed by atoms with Crippen molar-refractivity contribution in [3.8, 4) is 0 Å². The van der Waals surface area contributed by atoms with Crippen LogP contribution in [0.2, 0.25) is 0 Å². The van der Waals surface area contributed by atoms with Crippen LogP contribution in [-0.2, 0) is 19.3 Å². The maximum absolute atomic E-state index is 13.2. The van der Waals surface area contributed by atoms with Gasteiger partial charge in [0.2, 0.25) is 0 Å². The van der Waals surface area contributed by atoms with Crippen LogP contribution in [0.4, 0.5) is 13.2 Å². The highest BCUT2D eigenvalue weighted by Gasteiger charge is 2.31. The Morgan fingerprint density at radius 1 is 0.939 bits per heavy atom. The van der Waals surface area contributed by atoms with Crippen LogP contribution >= 0.6 is 0 Å². The Labute approximate surface area is 188 Å². The number of H-pyrrole nitrogens is 1. The van der Waals surface area contributed by atoms with Crippen LogP contribution in [0, 0.1) is 0 Å². The van der Waals surface area contributed by atoms with Crippen LogP contribution < -0.4 is 11.2 Å². The molecule has 1 aromatic heterocycles. The number of nitrogens with one attached hydrogen (secondary N) is 1. The second-order valence-corrected chi connectivity index (χ2v) is 8.53. The summed E-state index contributed by atoms with van der Waals surface area (Å²) in [6.07, 6.45) is -1.44. The molecule has 2 N–H and O–H groups in total. The molecule has 0 atom stereocenters. The number of hydrogen-bond acceptors (Lipinski definition) is 3. The second kappa shape index (κ2) is 9.39. The Morgan fingerprint density at radius 2 is 1.61 bits per heavy atom. The van der Waals surface area contributed by atoms with Crippen molar-refractivity contribution < 1.29 is 18.3 Å². The number of hydrogen-bond donors (Lipinski definition) is 2. The zero-order valence-corrected chi connectivity index (χ0v) is 17.9. The molecule has 0 amide bonds. The summed E-state index contributed by atoms with van der Waals surface area (Å²) in [4.78, 5) is 27.4. The Hall–Kier alpha value is -3.13. The summed E-state index contributed by atoms with van der Waals surface area (Å²) in [5, 5.41) is 9.88. The molecule has 0 spiro atoms. The van der Waals surface area contributed by atoms with Crippen molar-refractivity contribution in [2.24, 2.45) is 0 Å². The molecular weight excluding hydrogens is 433 g/mol. The van der Waals surface area contributed by atoms with Gasteiger partial charge >= 0.3 is 11.9 Å². The van der Waals surface area contributed by atoms with E-state index >= 15 is 0 Å². The van der Waals surface area contributed by atoms with Crippen molar-refractivity contribution in [3.63, 3.8) is 0 Å². The smallest absolute Gasteiger partial charge is 0.376 e. The third-order valence-corrected chi connectivity index (χ3v) is 6.50. The van der Waals surface area contributed by atoms with E-state index in [0.29, 0.717) is 30.0 Å². The van der Waals surface area contributed by atoms with Gasteiger partial charge in [-0.05, 0) is 54.7 Å². The Balaban J connectivity index is 1.68. The molecule has 0 bridgehead atoms. The summed E-state index contributed by atoms with van der Waals surface area (Å²) in [6, 6.07) is 15.0. The lowest BCUT2D eigenvalue weighted by molar-refractivity contribution is -0.137. The van der Waals surface area contributed by atoms with Crippen LogP contribution in [0.5, 0.6) is 0 Å². The van der Waals surface area contributed by atoms with Gasteiger partial charge < -0.3 is 5.11 Å². The summed E-state index contributed by atoms with van der Waals surface area (Å²) in [7, 11) is 0. The highest BCUT2D eigenvalue weighted by Crippen LogP contribution is 2.41. The summed E-state index contributed by atoms with van der Waals surface area (Å²) >= 11 is 0. The molecule has 0 aliphatic heterocycles. The van der Waals surface area contributed by atoms with Crippen molar-refractivity contribution in [1.29, 1.82) is 0 Å². The molecule has 174 valence electrons. The first-order valence-corrected chi connectivity index (χ1v) is 11.0.